The molecule has 2 rings (SSSR count). The molecule has 1 aromatic carbocycles. The van der Waals surface area contributed by atoms with Gasteiger partial charge in [-0.15, -0.1) is 9.94 Å². The molecule has 1 aromatic heterocycles. The zero-order valence-corrected chi connectivity index (χ0v) is 11.5. The van der Waals surface area contributed by atoms with Gasteiger partial charge in [0.2, 0.25) is 6.10 Å². The topological polar surface area (TPSA) is 64.3 Å². The predicted octanol–water partition coefficient (Wildman–Crippen LogP) is 3.10. The molecule has 1 unspecified atom stereocenters. The third-order valence-corrected chi connectivity index (χ3v) is 3.26. The second-order valence-corrected chi connectivity index (χ2v) is 4.74. The quantitative estimate of drug-likeness (QED) is 0.879. The molecule has 0 fully saturated rings. The molecular formula is C11H7Cl3N2O3. The monoisotopic (exact) mass is 320 g/mol. The molecule has 0 bridgehead atoms. The Balaban J connectivity index is 2.42. The van der Waals surface area contributed by atoms with Crippen LogP contribution in [0.15, 0.2) is 30.6 Å². The van der Waals surface area contributed by atoms with E-state index in [0.717, 1.165) is 4.85 Å². The van der Waals surface area contributed by atoms with Crippen molar-refractivity contribution in [2.24, 2.45) is 0 Å². The van der Waals surface area contributed by atoms with E-state index < -0.39 is 12.1 Å². The highest BCUT2D eigenvalue weighted by atomic mass is 35.5. The zero-order chi connectivity index (χ0) is 14.0. The van der Waals surface area contributed by atoms with Crippen LogP contribution in [0.25, 0.3) is 0 Å². The van der Waals surface area contributed by atoms with Crippen LogP contribution in [0.5, 0.6) is 0 Å². The van der Waals surface area contributed by atoms with E-state index in [4.69, 9.17) is 39.6 Å². The van der Waals surface area contributed by atoms with Crippen LogP contribution in [-0.4, -0.2) is 21.0 Å². The van der Waals surface area contributed by atoms with E-state index in [0.29, 0.717) is 0 Å². The zero-order valence-electron chi connectivity index (χ0n) is 9.26. The third kappa shape index (κ3) is 3.12. The number of benzene rings is 1. The van der Waals surface area contributed by atoms with E-state index in [-0.39, 0.29) is 20.6 Å². The van der Waals surface area contributed by atoms with Gasteiger partial charge >= 0.3 is 5.97 Å². The molecular weight excluding hydrogens is 314 g/mol. The third-order valence-electron chi connectivity index (χ3n) is 2.22. The lowest BCUT2D eigenvalue weighted by atomic mass is 10.1. The number of halogens is 3. The van der Waals surface area contributed by atoms with Crippen LogP contribution in [0, 0.1) is 0 Å². The van der Waals surface area contributed by atoms with E-state index in [1.807, 2.05) is 0 Å². The summed E-state index contributed by atoms with van der Waals surface area (Å²) in [5.74, 6) is -1.24. The fourth-order valence-electron chi connectivity index (χ4n) is 1.43. The van der Waals surface area contributed by atoms with Gasteiger partial charge in [-0.2, -0.15) is 0 Å². The number of aliphatic carboxylic acids is 1. The summed E-state index contributed by atoms with van der Waals surface area (Å²) in [4.78, 5) is 17.5. The second-order valence-electron chi connectivity index (χ2n) is 3.52. The Kier molecular flexibility index (Phi) is 4.19. The number of rotatable bonds is 4. The molecule has 1 N–H and O–H groups in total. The SMILES string of the molecule is O=C(O)C(On1cccn1)c1cc(Cl)cc(Cl)c1Cl. The molecule has 0 radical (unpaired) electrons. The van der Waals surface area contributed by atoms with Crippen LogP contribution in [0.4, 0.5) is 0 Å². The predicted molar refractivity (Wildman–Crippen MR) is 70.7 cm³/mol. The van der Waals surface area contributed by atoms with E-state index in [1.165, 1.54) is 24.5 Å². The molecule has 100 valence electrons. The van der Waals surface area contributed by atoms with Gasteiger partial charge in [0, 0.05) is 10.6 Å². The van der Waals surface area contributed by atoms with Crippen molar-refractivity contribution in [1.82, 2.24) is 9.94 Å². The normalized spacial score (nSPS) is 12.2. The lowest BCUT2D eigenvalue weighted by molar-refractivity contribution is -0.152. The average Bonchev–Trinajstić information content (AvgIpc) is 2.83. The molecule has 1 atom stereocenters. The van der Waals surface area contributed by atoms with Gasteiger partial charge in [0.05, 0.1) is 22.4 Å². The summed E-state index contributed by atoms with van der Waals surface area (Å²) in [6, 6.07) is 4.39. The summed E-state index contributed by atoms with van der Waals surface area (Å²) in [6.45, 7) is 0. The minimum atomic E-state index is -1.37. The molecule has 0 aliphatic carbocycles. The minimum absolute atomic E-state index is 0.0747. The van der Waals surface area contributed by atoms with Gasteiger partial charge in [0.15, 0.2) is 0 Å². The number of carbonyl (C=O) groups is 1. The van der Waals surface area contributed by atoms with Gasteiger partial charge < -0.3 is 9.94 Å². The fraction of sp³-hybridized carbons (Fsp3) is 0.0909. The van der Waals surface area contributed by atoms with Crippen LogP contribution in [0.2, 0.25) is 15.1 Å². The number of carboxylic acids is 1. The van der Waals surface area contributed by atoms with Gasteiger partial charge in [-0.25, -0.2) is 4.79 Å². The Bertz CT molecular complexity index is 601. The molecule has 19 heavy (non-hydrogen) atoms. The summed E-state index contributed by atoms with van der Waals surface area (Å²) in [7, 11) is 0. The van der Waals surface area contributed by atoms with Gasteiger partial charge in [0.25, 0.3) is 0 Å². The first-order valence-electron chi connectivity index (χ1n) is 5.03. The number of hydrogen-bond acceptors (Lipinski definition) is 3. The lowest BCUT2D eigenvalue weighted by Crippen LogP contribution is -2.26. The van der Waals surface area contributed by atoms with Crippen molar-refractivity contribution >= 4 is 40.8 Å². The molecule has 5 nitrogen and oxygen atoms in total. The van der Waals surface area contributed by atoms with Crippen molar-refractivity contribution in [3.63, 3.8) is 0 Å². The molecule has 0 amide bonds. The smallest absolute Gasteiger partial charge is 0.352 e. The minimum Gasteiger partial charge on any atom is -0.478 e. The van der Waals surface area contributed by atoms with Gasteiger partial charge in [-0.3, -0.25) is 0 Å². The molecule has 0 saturated heterocycles. The highest BCUT2D eigenvalue weighted by molar-refractivity contribution is 6.43. The lowest BCUT2D eigenvalue weighted by Gasteiger charge is -2.16. The van der Waals surface area contributed by atoms with Crippen molar-refractivity contribution < 1.29 is 14.7 Å². The molecule has 0 saturated carbocycles. The van der Waals surface area contributed by atoms with E-state index in [9.17, 15) is 9.90 Å². The molecule has 8 heteroatoms. The van der Waals surface area contributed by atoms with Gasteiger partial charge in [-0.1, -0.05) is 34.8 Å². The van der Waals surface area contributed by atoms with Crippen LogP contribution in [0.1, 0.15) is 11.7 Å². The average molecular weight is 322 g/mol. The Labute approximate surface area is 123 Å². The maximum atomic E-state index is 11.3. The maximum Gasteiger partial charge on any atom is 0.352 e. The van der Waals surface area contributed by atoms with E-state index in [1.54, 1.807) is 6.07 Å². The first-order valence-corrected chi connectivity index (χ1v) is 6.16. The number of carboxylic acid groups (broad SMARTS) is 1. The van der Waals surface area contributed by atoms with Crippen LogP contribution in [0.3, 0.4) is 0 Å². The Morgan fingerprint density at radius 1 is 1.37 bits per heavy atom. The van der Waals surface area contributed by atoms with Gasteiger partial charge in [0.1, 0.15) is 0 Å². The van der Waals surface area contributed by atoms with Crippen molar-refractivity contribution in [3.05, 3.63) is 51.2 Å². The van der Waals surface area contributed by atoms with Crippen LogP contribution >= 0.6 is 34.8 Å². The Morgan fingerprint density at radius 2 is 2.11 bits per heavy atom. The van der Waals surface area contributed by atoms with Crippen LogP contribution in [-0.2, 0) is 4.79 Å². The first-order chi connectivity index (χ1) is 8.99. The molecule has 2 aromatic rings. The van der Waals surface area contributed by atoms with E-state index >= 15 is 0 Å². The molecule has 0 spiro atoms. The largest absolute Gasteiger partial charge is 0.478 e. The summed E-state index contributed by atoms with van der Waals surface area (Å²) in [5, 5.41) is 13.5. The summed E-state index contributed by atoms with van der Waals surface area (Å²) in [5.41, 5.74) is 0.155. The number of nitrogens with zero attached hydrogens (tertiary/aromatic N) is 2. The van der Waals surface area contributed by atoms with E-state index in [2.05, 4.69) is 5.10 Å². The molecule has 1 heterocycles. The van der Waals surface area contributed by atoms with Crippen molar-refractivity contribution in [2.45, 2.75) is 6.10 Å². The van der Waals surface area contributed by atoms with Crippen LogP contribution < -0.4 is 4.84 Å². The summed E-state index contributed by atoms with van der Waals surface area (Å²) >= 11 is 17.7. The summed E-state index contributed by atoms with van der Waals surface area (Å²) in [6.07, 6.45) is 1.53. The summed E-state index contributed by atoms with van der Waals surface area (Å²) < 4.78 is 0. The van der Waals surface area contributed by atoms with Crippen molar-refractivity contribution in [3.8, 4) is 0 Å². The Hall–Kier alpha value is -1.43. The Morgan fingerprint density at radius 3 is 2.68 bits per heavy atom. The number of hydrogen-bond donors (Lipinski definition) is 1. The van der Waals surface area contributed by atoms with Gasteiger partial charge in [-0.05, 0) is 18.2 Å². The molecule has 0 aliphatic heterocycles. The highest BCUT2D eigenvalue weighted by Gasteiger charge is 2.27. The fourth-order valence-corrected chi connectivity index (χ4v) is 2.14. The highest BCUT2D eigenvalue weighted by Crippen LogP contribution is 2.34. The van der Waals surface area contributed by atoms with Crippen molar-refractivity contribution in [1.29, 1.82) is 0 Å². The standard InChI is InChI=1S/C11H7Cl3N2O3/c12-6-4-7(9(14)8(13)5-6)10(11(17)18)19-16-3-1-2-15-16/h1-5,10H,(H,17,18). The first kappa shape index (κ1) is 14.0. The number of aromatic nitrogens is 2. The van der Waals surface area contributed by atoms with Crippen molar-refractivity contribution in [2.75, 3.05) is 0 Å². The second kappa shape index (κ2) is 5.69. The molecule has 0 aliphatic rings. The maximum absolute atomic E-state index is 11.3.